The number of hydrogen-bond acceptors (Lipinski definition) is 4. The van der Waals surface area contributed by atoms with Crippen LogP contribution in [-0.2, 0) is 6.18 Å². The number of carbonyl (C=O) groups is 1. The number of carbonyl (C=O) groups excluding carboxylic acids is 1. The molecule has 25 heavy (non-hydrogen) atoms. The first-order valence-electron chi connectivity index (χ1n) is 7.92. The zero-order chi connectivity index (χ0) is 18.8. The number of amides is 1. The maximum Gasteiger partial charge on any atom is 0.416 e. The van der Waals surface area contributed by atoms with E-state index in [0.29, 0.717) is 18.2 Å². The Morgan fingerprint density at radius 3 is 2.28 bits per heavy atom. The molecular weight excluding hydrogens is 339 g/mol. The summed E-state index contributed by atoms with van der Waals surface area (Å²) in [4.78, 5) is 24.3. The van der Waals surface area contributed by atoms with Gasteiger partial charge in [-0.1, -0.05) is 0 Å². The molecule has 1 amide bonds. The molecule has 138 valence electrons. The molecular formula is C16H20F3N3O3. The van der Waals surface area contributed by atoms with E-state index >= 15 is 0 Å². The number of halogens is 3. The lowest BCUT2D eigenvalue weighted by Crippen LogP contribution is -2.41. The molecule has 0 unspecified atom stereocenters. The van der Waals surface area contributed by atoms with Gasteiger partial charge in [0.05, 0.1) is 10.5 Å². The van der Waals surface area contributed by atoms with E-state index < -0.39 is 28.3 Å². The van der Waals surface area contributed by atoms with Gasteiger partial charge < -0.3 is 10.2 Å². The number of alkyl halides is 3. The van der Waals surface area contributed by atoms with E-state index in [2.05, 4.69) is 10.2 Å². The Bertz CT molecular complexity index is 654. The Morgan fingerprint density at radius 2 is 1.80 bits per heavy atom. The fraction of sp³-hybridized carbons (Fsp3) is 0.562. The number of non-ortho nitro benzene ring substituents is 1. The molecule has 0 heterocycles. The zero-order valence-electron chi connectivity index (χ0n) is 14.0. The molecule has 1 fully saturated rings. The van der Waals surface area contributed by atoms with Crippen molar-refractivity contribution in [1.29, 1.82) is 0 Å². The van der Waals surface area contributed by atoms with Crippen LogP contribution < -0.4 is 5.32 Å². The third-order valence-electron chi connectivity index (χ3n) is 4.48. The van der Waals surface area contributed by atoms with Gasteiger partial charge in [-0.25, -0.2) is 0 Å². The van der Waals surface area contributed by atoms with Crippen molar-refractivity contribution in [2.24, 2.45) is 0 Å². The van der Waals surface area contributed by atoms with Gasteiger partial charge in [0.15, 0.2) is 0 Å². The Morgan fingerprint density at radius 1 is 1.20 bits per heavy atom. The van der Waals surface area contributed by atoms with Gasteiger partial charge in [0.25, 0.3) is 11.6 Å². The van der Waals surface area contributed by atoms with Crippen molar-refractivity contribution in [3.8, 4) is 0 Å². The molecule has 6 nitrogen and oxygen atoms in total. The summed E-state index contributed by atoms with van der Waals surface area (Å²) in [5, 5.41) is 13.5. The highest BCUT2D eigenvalue weighted by molar-refractivity contribution is 5.95. The summed E-state index contributed by atoms with van der Waals surface area (Å²) < 4.78 is 38.7. The van der Waals surface area contributed by atoms with E-state index in [-0.39, 0.29) is 11.6 Å². The number of hydrogen-bond donors (Lipinski definition) is 1. The molecule has 0 saturated heterocycles. The van der Waals surface area contributed by atoms with Gasteiger partial charge in [0, 0.05) is 29.8 Å². The predicted octanol–water partition coefficient (Wildman–Crippen LogP) is 3.22. The average Bonchev–Trinajstić information content (AvgIpc) is 2.54. The van der Waals surface area contributed by atoms with E-state index in [9.17, 15) is 28.1 Å². The van der Waals surface area contributed by atoms with Crippen LogP contribution in [0.2, 0.25) is 0 Å². The SMILES string of the molecule is CN(C)[C@H]1CC[C@@H](NC(=O)c2cc([N+](=O)[O-])cc(C(F)(F)F)c2)CC1. The monoisotopic (exact) mass is 359 g/mol. The maximum atomic E-state index is 12.9. The fourth-order valence-corrected chi connectivity index (χ4v) is 3.02. The highest BCUT2D eigenvalue weighted by Gasteiger charge is 2.34. The maximum absolute atomic E-state index is 12.9. The van der Waals surface area contributed by atoms with Gasteiger partial charge in [-0.05, 0) is 45.8 Å². The molecule has 0 spiro atoms. The summed E-state index contributed by atoms with van der Waals surface area (Å²) in [5.41, 5.74) is -2.31. The summed E-state index contributed by atoms with van der Waals surface area (Å²) in [6.07, 6.45) is -1.57. The lowest BCUT2D eigenvalue weighted by Gasteiger charge is -2.33. The quantitative estimate of drug-likeness (QED) is 0.662. The molecule has 0 aliphatic heterocycles. The number of nitrogens with zero attached hydrogens (tertiary/aromatic N) is 2. The van der Waals surface area contributed by atoms with E-state index in [4.69, 9.17) is 0 Å². The van der Waals surface area contributed by atoms with Crippen molar-refractivity contribution < 1.29 is 22.9 Å². The molecule has 0 atom stereocenters. The first-order valence-corrected chi connectivity index (χ1v) is 7.92. The van der Waals surface area contributed by atoms with Crippen LogP contribution in [-0.4, -0.2) is 41.9 Å². The van der Waals surface area contributed by atoms with Gasteiger partial charge in [-0.2, -0.15) is 13.2 Å². The van der Waals surface area contributed by atoms with E-state index in [1.54, 1.807) is 0 Å². The van der Waals surface area contributed by atoms with Crippen LogP contribution in [0.15, 0.2) is 18.2 Å². The van der Waals surface area contributed by atoms with Crippen LogP contribution in [0.25, 0.3) is 0 Å². The topological polar surface area (TPSA) is 75.5 Å². The zero-order valence-corrected chi connectivity index (χ0v) is 14.0. The van der Waals surface area contributed by atoms with E-state index in [1.165, 1.54) is 0 Å². The summed E-state index contributed by atoms with van der Waals surface area (Å²) >= 11 is 0. The van der Waals surface area contributed by atoms with Gasteiger partial charge in [0.2, 0.25) is 0 Å². The molecule has 2 rings (SSSR count). The van der Waals surface area contributed by atoms with Gasteiger partial charge in [0.1, 0.15) is 0 Å². The third-order valence-corrected chi connectivity index (χ3v) is 4.48. The second kappa shape index (κ2) is 7.38. The Balaban J connectivity index is 2.14. The summed E-state index contributed by atoms with van der Waals surface area (Å²) in [6, 6.07) is 2.23. The Hall–Kier alpha value is -2.16. The van der Waals surface area contributed by atoms with Crippen LogP contribution in [0.3, 0.4) is 0 Å². The van der Waals surface area contributed by atoms with Gasteiger partial charge >= 0.3 is 6.18 Å². The van der Waals surface area contributed by atoms with Crippen molar-refractivity contribution in [2.75, 3.05) is 14.1 Å². The minimum Gasteiger partial charge on any atom is -0.349 e. The molecule has 0 aromatic heterocycles. The number of rotatable bonds is 4. The molecule has 0 radical (unpaired) electrons. The van der Waals surface area contributed by atoms with Crippen LogP contribution in [0.4, 0.5) is 18.9 Å². The number of benzene rings is 1. The average molecular weight is 359 g/mol. The molecule has 1 N–H and O–H groups in total. The first-order chi connectivity index (χ1) is 11.6. The minimum absolute atomic E-state index is 0.141. The second-order valence-corrected chi connectivity index (χ2v) is 6.47. The summed E-state index contributed by atoms with van der Waals surface area (Å²) in [5.74, 6) is -0.720. The molecule has 1 aliphatic rings. The van der Waals surface area contributed by atoms with Crippen LogP contribution >= 0.6 is 0 Å². The van der Waals surface area contributed by atoms with Crippen molar-refractivity contribution in [1.82, 2.24) is 10.2 Å². The summed E-state index contributed by atoms with van der Waals surface area (Å²) in [6.45, 7) is 0. The van der Waals surface area contributed by atoms with E-state index in [1.807, 2.05) is 14.1 Å². The lowest BCUT2D eigenvalue weighted by molar-refractivity contribution is -0.385. The lowest BCUT2D eigenvalue weighted by atomic mass is 9.90. The van der Waals surface area contributed by atoms with Crippen molar-refractivity contribution in [2.45, 2.75) is 43.9 Å². The van der Waals surface area contributed by atoms with Crippen molar-refractivity contribution in [3.05, 3.63) is 39.4 Å². The molecule has 1 saturated carbocycles. The van der Waals surface area contributed by atoms with Crippen LogP contribution in [0, 0.1) is 10.1 Å². The fourth-order valence-electron chi connectivity index (χ4n) is 3.02. The minimum atomic E-state index is -4.76. The number of nitrogens with one attached hydrogen (secondary N) is 1. The highest BCUT2D eigenvalue weighted by atomic mass is 19.4. The molecule has 1 aliphatic carbocycles. The van der Waals surface area contributed by atoms with Crippen molar-refractivity contribution in [3.63, 3.8) is 0 Å². The normalized spacial score (nSPS) is 21.2. The standard InChI is InChI=1S/C16H20F3N3O3/c1-21(2)13-5-3-12(4-6-13)20-15(23)10-7-11(16(17,18)19)9-14(8-10)22(24)25/h7-9,12-13H,3-6H2,1-2H3,(H,20,23)/t12-,13+. The molecule has 1 aromatic rings. The van der Waals surface area contributed by atoms with E-state index in [0.717, 1.165) is 31.7 Å². The smallest absolute Gasteiger partial charge is 0.349 e. The molecule has 1 aromatic carbocycles. The largest absolute Gasteiger partial charge is 0.416 e. The third kappa shape index (κ3) is 4.91. The van der Waals surface area contributed by atoms with Gasteiger partial charge in [-0.3, -0.25) is 14.9 Å². The van der Waals surface area contributed by atoms with Crippen LogP contribution in [0.5, 0.6) is 0 Å². The number of nitro groups is 1. The molecule has 0 bridgehead atoms. The van der Waals surface area contributed by atoms with Gasteiger partial charge in [-0.15, -0.1) is 0 Å². The second-order valence-electron chi connectivity index (χ2n) is 6.47. The van der Waals surface area contributed by atoms with Crippen molar-refractivity contribution >= 4 is 11.6 Å². The number of nitro benzene ring substituents is 1. The Labute approximate surface area is 143 Å². The molecule has 9 heteroatoms. The Kier molecular flexibility index (Phi) is 5.66. The predicted molar refractivity (Wildman–Crippen MR) is 85.3 cm³/mol. The first kappa shape index (κ1) is 19.2. The summed E-state index contributed by atoms with van der Waals surface area (Å²) in [7, 11) is 3.96. The van der Waals surface area contributed by atoms with Crippen LogP contribution in [0.1, 0.15) is 41.6 Å². The highest BCUT2D eigenvalue weighted by Crippen LogP contribution is 2.32.